The van der Waals surface area contributed by atoms with Crippen LogP contribution in [0.2, 0.25) is 0 Å². The highest BCUT2D eigenvalue weighted by molar-refractivity contribution is 9.10. The van der Waals surface area contributed by atoms with Crippen LogP contribution in [0.5, 0.6) is 0 Å². The second-order valence-corrected chi connectivity index (χ2v) is 5.71. The van der Waals surface area contributed by atoms with Gasteiger partial charge in [-0.1, -0.05) is 27.6 Å². The first-order valence-corrected chi connectivity index (χ1v) is 6.96. The maximum atomic E-state index is 13.4. The van der Waals surface area contributed by atoms with Crippen molar-refractivity contribution in [3.05, 3.63) is 69.6 Å². The van der Waals surface area contributed by atoms with Gasteiger partial charge in [0.2, 0.25) is 0 Å². The minimum atomic E-state index is -0.991. The fraction of sp³-hybridized carbons (Fsp3) is 0.125. The van der Waals surface area contributed by atoms with Gasteiger partial charge in [0.1, 0.15) is 23.3 Å². The van der Waals surface area contributed by atoms with Crippen molar-refractivity contribution in [1.82, 2.24) is 0 Å². The molecule has 0 bridgehead atoms. The van der Waals surface area contributed by atoms with Crippen LogP contribution >= 0.6 is 15.9 Å². The summed E-state index contributed by atoms with van der Waals surface area (Å²) in [5, 5.41) is 11.3. The van der Waals surface area contributed by atoms with Crippen LogP contribution in [-0.4, -0.2) is 5.11 Å². The number of aryl methyl sites for hydroxylation is 1. The maximum absolute atomic E-state index is 13.4. The van der Waals surface area contributed by atoms with E-state index in [2.05, 4.69) is 15.9 Å². The fourth-order valence-electron chi connectivity index (χ4n) is 2.22. The van der Waals surface area contributed by atoms with Crippen LogP contribution in [0, 0.1) is 12.7 Å². The number of aliphatic hydroxyl groups excluding tert-OH is 1. The highest BCUT2D eigenvalue weighted by atomic mass is 79.9. The minimum absolute atomic E-state index is 0.402. The SMILES string of the molecule is Cc1ccc2oc(C(O)c3cc(F)cc(Br)c3)cc2c1. The molecule has 0 aliphatic rings. The second kappa shape index (κ2) is 5.04. The summed E-state index contributed by atoms with van der Waals surface area (Å²) in [7, 11) is 0. The zero-order valence-corrected chi connectivity index (χ0v) is 12.3. The number of furan rings is 1. The zero-order valence-electron chi connectivity index (χ0n) is 10.7. The summed E-state index contributed by atoms with van der Waals surface area (Å²) in [6.07, 6.45) is -0.991. The molecule has 102 valence electrons. The molecule has 0 fully saturated rings. The summed E-state index contributed by atoms with van der Waals surface area (Å²) in [5.74, 6) is 0.00322. The van der Waals surface area contributed by atoms with Gasteiger partial charge in [-0.25, -0.2) is 4.39 Å². The van der Waals surface area contributed by atoms with E-state index in [0.717, 1.165) is 10.9 Å². The van der Waals surface area contributed by atoms with Crippen LogP contribution in [0.3, 0.4) is 0 Å². The standard InChI is InChI=1S/C16H12BrFO2/c1-9-2-3-14-10(4-9)7-15(20-14)16(19)11-5-12(17)8-13(18)6-11/h2-8,16,19H,1H3. The third-order valence-corrected chi connectivity index (χ3v) is 3.62. The van der Waals surface area contributed by atoms with Crippen molar-refractivity contribution in [2.45, 2.75) is 13.0 Å². The first-order valence-electron chi connectivity index (χ1n) is 6.17. The lowest BCUT2D eigenvalue weighted by Crippen LogP contribution is -1.98. The van der Waals surface area contributed by atoms with Crippen molar-refractivity contribution < 1.29 is 13.9 Å². The van der Waals surface area contributed by atoms with E-state index in [0.29, 0.717) is 21.4 Å². The average molecular weight is 335 g/mol. The lowest BCUT2D eigenvalue weighted by molar-refractivity contribution is 0.192. The molecule has 0 amide bonds. The van der Waals surface area contributed by atoms with Gasteiger partial charge in [-0.3, -0.25) is 0 Å². The van der Waals surface area contributed by atoms with Crippen molar-refractivity contribution in [2.24, 2.45) is 0 Å². The number of hydrogen-bond acceptors (Lipinski definition) is 2. The number of rotatable bonds is 2. The molecule has 3 aromatic rings. The van der Waals surface area contributed by atoms with Crippen LogP contribution in [-0.2, 0) is 0 Å². The van der Waals surface area contributed by atoms with Gasteiger partial charge in [-0.05, 0) is 48.9 Å². The summed E-state index contributed by atoms with van der Waals surface area (Å²) >= 11 is 3.22. The van der Waals surface area contributed by atoms with Gasteiger partial charge in [0.25, 0.3) is 0 Å². The molecular weight excluding hydrogens is 323 g/mol. The fourth-order valence-corrected chi connectivity index (χ4v) is 2.70. The molecule has 2 aromatic carbocycles. The molecule has 4 heteroatoms. The Labute approximate surface area is 124 Å². The van der Waals surface area contributed by atoms with E-state index in [4.69, 9.17) is 4.42 Å². The molecule has 0 saturated carbocycles. The Bertz CT molecular complexity index is 759. The molecule has 1 atom stereocenters. The Morgan fingerprint density at radius 2 is 1.95 bits per heavy atom. The molecule has 20 heavy (non-hydrogen) atoms. The first-order chi connectivity index (χ1) is 9.52. The summed E-state index contributed by atoms with van der Waals surface area (Å²) < 4.78 is 19.6. The van der Waals surface area contributed by atoms with E-state index >= 15 is 0 Å². The monoisotopic (exact) mass is 334 g/mol. The number of aliphatic hydroxyl groups is 1. The van der Waals surface area contributed by atoms with E-state index in [1.165, 1.54) is 12.1 Å². The highest BCUT2D eigenvalue weighted by Gasteiger charge is 2.17. The topological polar surface area (TPSA) is 33.4 Å². The third-order valence-electron chi connectivity index (χ3n) is 3.16. The minimum Gasteiger partial charge on any atom is -0.458 e. The van der Waals surface area contributed by atoms with E-state index < -0.39 is 11.9 Å². The molecule has 2 nitrogen and oxygen atoms in total. The van der Waals surface area contributed by atoms with Crippen molar-refractivity contribution in [1.29, 1.82) is 0 Å². The van der Waals surface area contributed by atoms with Gasteiger partial charge < -0.3 is 9.52 Å². The van der Waals surface area contributed by atoms with E-state index in [1.807, 2.05) is 25.1 Å². The zero-order chi connectivity index (χ0) is 14.3. The third kappa shape index (κ3) is 2.49. The Morgan fingerprint density at radius 3 is 2.70 bits per heavy atom. The number of benzene rings is 2. The summed E-state index contributed by atoms with van der Waals surface area (Å²) in [6, 6.07) is 11.9. The molecule has 0 radical (unpaired) electrons. The van der Waals surface area contributed by atoms with Gasteiger partial charge in [0.15, 0.2) is 0 Å². The summed E-state index contributed by atoms with van der Waals surface area (Å²) in [5.41, 5.74) is 2.28. The first kappa shape index (κ1) is 13.3. The van der Waals surface area contributed by atoms with Crippen LogP contribution in [0.25, 0.3) is 11.0 Å². The van der Waals surface area contributed by atoms with Gasteiger partial charge in [-0.2, -0.15) is 0 Å². The van der Waals surface area contributed by atoms with Gasteiger partial charge >= 0.3 is 0 Å². The van der Waals surface area contributed by atoms with Crippen molar-refractivity contribution >= 4 is 26.9 Å². The number of hydrogen-bond donors (Lipinski definition) is 1. The molecule has 1 unspecified atom stereocenters. The van der Waals surface area contributed by atoms with Crippen LogP contribution in [0.1, 0.15) is 23.0 Å². The van der Waals surface area contributed by atoms with E-state index in [9.17, 15) is 9.50 Å². The second-order valence-electron chi connectivity index (χ2n) is 4.80. The number of fused-ring (bicyclic) bond motifs is 1. The van der Waals surface area contributed by atoms with Gasteiger partial charge in [0.05, 0.1) is 0 Å². The van der Waals surface area contributed by atoms with Crippen molar-refractivity contribution in [3.8, 4) is 0 Å². The molecule has 0 saturated heterocycles. The largest absolute Gasteiger partial charge is 0.458 e. The van der Waals surface area contributed by atoms with Gasteiger partial charge in [0, 0.05) is 9.86 Å². The molecule has 0 aliphatic heterocycles. The molecule has 1 heterocycles. The van der Waals surface area contributed by atoms with E-state index in [-0.39, 0.29) is 0 Å². The Kier molecular flexibility index (Phi) is 3.36. The highest BCUT2D eigenvalue weighted by Crippen LogP contribution is 2.30. The van der Waals surface area contributed by atoms with Crippen LogP contribution in [0.4, 0.5) is 4.39 Å². The predicted octanol–water partition coefficient (Wildman–Crippen LogP) is 4.72. The molecule has 1 N–H and O–H groups in total. The smallest absolute Gasteiger partial charge is 0.138 e. The summed E-state index contributed by atoms with van der Waals surface area (Å²) in [4.78, 5) is 0. The Hall–Kier alpha value is -1.65. The Balaban J connectivity index is 2.05. The quantitative estimate of drug-likeness (QED) is 0.735. The number of halogens is 2. The lowest BCUT2D eigenvalue weighted by Gasteiger charge is -2.08. The van der Waals surface area contributed by atoms with Gasteiger partial charge in [-0.15, -0.1) is 0 Å². The van der Waals surface area contributed by atoms with Crippen molar-refractivity contribution in [2.75, 3.05) is 0 Å². The lowest BCUT2D eigenvalue weighted by atomic mass is 10.1. The molecule has 0 aliphatic carbocycles. The van der Waals surface area contributed by atoms with E-state index in [1.54, 1.807) is 12.1 Å². The van der Waals surface area contributed by atoms with Crippen LogP contribution < -0.4 is 0 Å². The summed E-state index contributed by atoms with van der Waals surface area (Å²) in [6.45, 7) is 1.99. The van der Waals surface area contributed by atoms with Crippen LogP contribution in [0.15, 0.2) is 51.4 Å². The average Bonchev–Trinajstić information content (AvgIpc) is 2.79. The maximum Gasteiger partial charge on any atom is 0.138 e. The van der Waals surface area contributed by atoms with Crippen molar-refractivity contribution in [3.63, 3.8) is 0 Å². The molecule has 0 spiro atoms. The molecule has 3 rings (SSSR count). The molecular formula is C16H12BrFO2. The Morgan fingerprint density at radius 1 is 1.15 bits per heavy atom. The molecule has 1 aromatic heterocycles. The normalized spacial score (nSPS) is 12.8. The predicted molar refractivity (Wildman–Crippen MR) is 79.1 cm³/mol.